The van der Waals surface area contributed by atoms with Gasteiger partial charge in [-0.2, -0.15) is 0 Å². The number of nitrogens with one attached hydrogen (secondary N) is 1. The largest absolute Gasteiger partial charge is 0.494 e. The highest BCUT2D eigenvalue weighted by atomic mass is 35.5. The Morgan fingerprint density at radius 3 is 3.10 bits per heavy atom. The van der Waals surface area contributed by atoms with Crippen molar-refractivity contribution in [2.24, 2.45) is 5.92 Å². The molecule has 2 rings (SSSR count). The Labute approximate surface area is 130 Å². The molecule has 0 saturated carbocycles. The SMILES string of the molecule is CCOc1ccc(Cl)cc1CCNC(=O)[C@@H]1CCCOC1. The summed E-state index contributed by atoms with van der Waals surface area (Å²) in [6.45, 7) is 4.44. The number of benzene rings is 1. The lowest BCUT2D eigenvalue weighted by atomic mass is 10.0. The number of halogens is 1. The Morgan fingerprint density at radius 2 is 2.38 bits per heavy atom. The minimum absolute atomic E-state index is 0.00975. The Hall–Kier alpha value is -1.26. The van der Waals surface area contributed by atoms with Crippen molar-refractivity contribution in [3.05, 3.63) is 28.8 Å². The number of hydrogen-bond donors (Lipinski definition) is 1. The summed E-state index contributed by atoms with van der Waals surface area (Å²) >= 11 is 6.02. The summed E-state index contributed by atoms with van der Waals surface area (Å²) in [7, 11) is 0. The van der Waals surface area contributed by atoms with Gasteiger partial charge in [-0.1, -0.05) is 11.6 Å². The lowest BCUT2D eigenvalue weighted by Crippen LogP contribution is -2.36. The smallest absolute Gasteiger partial charge is 0.225 e. The molecule has 0 spiro atoms. The fraction of sp³-hybridized carbons (Fsp3) is 0.562. The van der Waals surface area contributed by atoms with Crippen molar-refractivity contribution in [3.63, 3.8) is 0 Å². The quantitative estimate of drug-likeness (QED) is 0.879. The highest BCUT2D eigenvalue weighted by molar-refractivity contribution is 6.30. The molecule has 21 heavy (non-hydrogen) atoms. The van der Waals surface area contributed by atoms with Crippen LogP contribution in [0.5, 0.6) is 5.75 Å². The molecule has 0 unspecified atom stereocenters. The van der Waals surface area contributed by atoms with Crippen molar-refractivity contribution in [2.45, 2.75) is 26.2 Å². The van der Waals surface area contributed by atoms with E-state index in [0.717, 1.165) is 30.8 Å². The first-order chi connectivity index (χ1) is 10.2. The zero-order valence-corrected chi connectivity index (χ0v) is 13.1. The highest BCUT2D eigenvalue weighted by Gasteiger charge is 2.21. The number of rotatable bonds is 6. The fourth-order valence-electron chi connectivity index (χ4n) is 2.45. The van der Waals surface area contributed by atoms with Gasteiger partial charge in [0.1, 0.15) is 5.75 Å². The number of amides is 1. The Bertz CT molecular complexity index is 473. The molecule has 5 heteroatoms. The molecule has 0 radical (unpaired) electrons. The van der Waals surface area contributed by atoms with Crippen LogP contribution in [0.2, 0.25) is 5.02 Å². The summed E-state index contributed by atoms with van der Waals surface area (Å²) in [6.07, 6.45) is 2.57. The molecule has 1 aliphatic rings. The maximum Gasteiger partial charge on any atom is 0.225 e. The second-order valence-corrected chi connectivity index (χ2v) is 5.58. The first kappa shape index (κ1) is 16.1. The molecule has 1 atom stereocenters. The predicted octanol–water partition coefficient (Wildman–Crippen LogP) is 2.82. The average molecular weight is 312 g/mol. The van der Waals surface area contributed by atoms with Gasteiger partial charge in [0.25, 0.3) is 0 Å². The molecular formula is C16H22ClNO3. The van der Waals surface area contributed by atoms with Crippen LogP contribution in [-0.2, 0) is 16.0 Å². The molecule has 116 valence electrons. The first-order valence-electron chi connectivity index (χ1n) is 7.47. The summed E-state index contributed by atoms with van der Waals surface area (Å²) in [5, 5.41) is 3.65. The molecule has 0 aliphatic carbocycles. The van der Waals surface area contributed by atoms with Crippen LogP contribution in [0.25, 0.3) is 0 Å². The van der Waals surface area contributed by atoms with Crippen molar-refractivity contribution < 1.29 is 14.3 Å². The van der Waals surface area contributed by atoms with Gasteiger partial charge in [0.2, 0.25) is 5.91 Å². The number of hydrogen-bond acceptors (Lipinski definition) is 3. The predicted molar refractivity (Wildman–Crippen MR) is 82.9 cm³/mol. The van der Waals surface area contributed by atoms with E-state index in [2.05, 4.69) is 5.32 Å². The normalized spacial score (nSPS) is 18.3. The van der Waals surface area contributed by atoms with Gasteiger partial charge in [-0.15, -0.1) is 0 Å². The van der Waals surface area contributed by atoms with E-state index < -0.39 is 0 Å². The van der Waals surface area contributed by atoms with E-state index in [1.165, 1.54) is 0 Å². The molecule has 1 aromatic rings. The Balaban J connectivity index is 1.84. The zero-order valence-electron chi connectivity index (χ0n) is 12.4. The summed E-state index contributed by atoms with van der Waals surface area (Å²) in [5.74, 6) is 0.899. The van der Waals surface area contributed by atoms with Crippen molar-refractivity contribution in [1.29, 1.82) is 0 Å². The monoisotopic (exact) mass is 311 g/mol. The van der Waals surface area contributed by atoms with Crippen LogP contribution < -0.4 is 10.1 Å². The van der Waals surface area contributed by atoms with Gasteiger partial charge in [0.05, 0.1) is 19.1 Å². The van der Waals surface area contributed by atoms with E-state index >= 15 is 0 Å². The van der Waals surface area contributed by atoms with Gasteiger partial charge in [-0.3, -0.25) is 4.79 Å². The molecule has 1 amide bonds. The Morgan fingerprint density at radius 1 is 1.52 bits per heavy atom. The average Bonchev–Trinajstić information content (AvgIpc) is 2.51. The van der Waals surface area contributed by atoms with Gasteiger partial charge in [-0.05, 0) is 49.9 Å². The third-order valence-electron chi connectivity index (χ3n) is 3.55. The molecule has 1 aliphatic heterocycles. The standard InChI is InChI=1S/C16H22ClNO3/c1-2-21-15-6-5-14(17)10-12(15)7-8-18-16(19)13-4-3-9-20-11-13/h5-6,10,13H,2-4,7-9,11H2,1H3,(H,18,19)/t13-/m1/s1. The Kier molecular flexibility index (Phi) is 6.33. The second kappa shape index (κ2) is 8.25. The number of ether oxygens (including phenoxy) is 2. The third kappa shape index (κ3) is 4.90. The third-order valence-corrected chi connectivity index (χ3v) is 3.78. The van der Waals surface area contributed by atoms with E-state index in [-0.39, 0.29) is 11.8 Å². The summed E-state index contributed by atoms with van der Waals surface area (Å²) < 4.78 is 10.9. The maximum absolute atomic E-state index is 12.0. The van der Waals surface area contributed by atoms with Crippen LogP contribution in [0.15, 0.2) is 18.2 Å². The zero-order chi connectivity index (χ0) is 15.1. The van der Waals surface area contributed by atoms with Crippen LogP contribution in [-0.4, -0.2) is 32.3 Å². The molecule has 1 N–H and O–H groups in total. The van der Waals surface area contributed by atoms with Crippen molar-refractivity contribution in [2.75, 3.05) is 26.4 Å². The van der Waals surface area contributed by atoms with E-state index in [1.807, 2.05) is 25.1 Å². The molecule has 1 heterocycles. The van der Waals surface area contributed by atoms with Gasteiger partial charge in [0.15, 0.2) is 0 Å². The van der Waals surface area contributed by atoms with Crippen LogP contribution in [0.4, 0.5) is 0 Å². The summed E-state index contributed by atoms with van der Waals surface area (Å²) in [5.41, 5.74) is 1.02. The lowest BCUT2D eigenvalue weighted by Gasteiger charge is -2.21. The number of carbonyl (C=O) groups excluding carboxylic acids is 1. The van der Waals surface area contributed by atoms with E-state index in [4.69, 9.17) is 21.1 Å². The lowest BCUT2D eigenvalue weighted by molar-refractivity contribution is -0.128. The van der Waals surface area contributed by atoms with Crippen LogP contribution in [0.3, 0.4) is 0 Å². The number of carbonyl (C=O) groups is 1. The molecule has 0 aromatic heterocycles. The molecule has 1 saturated heterocycles. The maximum atomic E-state index is 12.0. The first-order valence-corrected chi connectivity index (χ1v) is 7.85. The van der Waals surface area contributed by atoms with Crippen LogP contribution in [0.1, 0.15) is 25.3 Å². The topological polar surface area (TPSA) is 47.6 Å². The minimum Gasteiger partial charge on any atom is -0.494 e. The molecule has 0 bridgehead atoms. The van der Waals surface area contributed by atoms with E-state index in [1.54, 1.807) is 0 Å². The van der Waals surface area contributed by atoms with E-state index in [9.17, 15) is 4.79 Å². The second-order valence-electron chi connectivity index (χ2n) is 5.14. The van der Waals surface area contributed by atoms with Crippen molar-refractivity contribution in [3.8, 4) is 5.75 Å². The van der Waals surface area contributed by atoms with Crippen molar-refractivity contribution >= 4 is 17.5 Å². The van der Waals surface area contributed by atoms with Gasteiger partial charge >= 0.3 is 0 Å². The van der Waals surface area contributed by atoms with Crippen LogP contribution in [0, 0.1) is 5.92 Å². The fourth-order valence-corrected chi connectivity index (χ4v) is 2.65. The van der Waals surface area contributed by atoms with Crippen LogP contribution >= 0.6 is 11.6 Å². The van der Waals surface area contributed by atoms with Crippen molar-refractivity contribution in [1.82, 2.24) is 5.32 Å². The minimum atomic E-state index is -0.00975. The molecule has 4 nitrogen and oxygen atoms in total. The summed E-state index contributed by atoms with van der Waals surface area (Å²) in [4.78, 5) is 12.0. The highest BCUT2D eigenvalue weighted by Crippen LogP contribution is 2.23. The molecule has 1 fully saturated rings. The molecule has 1 aromatic carbocycles. The van der Waals surface area contributed by atoms with Gasteiger partial charge in [0, 0.05) is 18.2 Å². The van der Waals surface area contributed by atoms with Gasteiger partial charge in [-0.25, -0.2) is 0 Å². The van der Waals surface area contributed by atoms with E-state index in [0.29, 0.717) is 31.2 Å². The molecular weight excluding hydrogens is 290 g/mol. The van der Waals surface area contributed by atoms with Gasteiger partial charge < -0.3 is 14.8 Å². The summed E-state index contributed by atoms with van der Waals surface area (Å²) in [6, 6.07) is 5.58.